The smallest absolute Gasteiger partial charge is 0.274 e. The van der Waals surface area contributed by atoms with Crippen molar-refractivity contribution in [3.63, 3.8) is 0 Å². The van der Waals surface area contributed by atoms with Crippen LogP contribution in [0.25, 0.3) is 0 Å². The van der Waals surface area contributed by atoms with Gasteiger partial charge >= 0.3 is 0 Å². The van der Waals surface area contributed by atoms with Gasteiger partial charge in [0, 0.05) is 6.07 Å². The molecule has 1 unspecified atom stereocenters. The van der Waals surface area contributed by atoms with Crippen molar-refractivity contribution in [1.29, 1.82) is 0 Å². The maximum absolute atomic E-state index is 13.8. The number of nitrogens with zero attached hydrogens (tertiary/aromatic N) is 1. The maximum Gasteiger partial charge on any atom is 0.274 e. The molecule has 0 spiro atoms. The summed E-state index contributed by atoms with van der Waals surface area (Å²) in [5.41, 5.74) is 2.67. The number of ether oxygens (including phenoxy) is 1. The number of hydrogen-bond acceptors (Lipinski definition) is 4. The van der Waals surface area contributed by atoms with Crippen LogP contribution in [0.1, 0.15) is 66.7 Å². The van der Waals surface area contributed by atoms with Crippen LogP contribution in [-0.2, 0) is 12.0 Å². The Balaban J connectivity index is 1.71. The van der Waals surface area contributed by atoms with E-state index in [1.54, 1.807) is 6.92 Å². The number of halogens is 2. The van der Waals surface area contributed by atoms with Gasteiger partial charge in [0.25, 0.3) is 5.91 Å². The lowest BCUT2D eigenvalue weighted by Gasteiger charge is -2.20. The number of nitrogens with one attached hydrogen (secondary N) is 1. The second-order valence-electron chi connectivity index (χ2n) is 8.50. The van der Waals surface area contributed by atoms with Crippen molar-refractivity contribution in [3.8, 4) is 5.75 Å². The molecule has 5 nitrogen and oxygen atoms in total. The van der Waals surface area contributed by atoms with Crippen molar-refractivity contribution >= 4 is 5.91 Å². The highest BCUT2D eigenvalue weighted by atomic mass is 19.1. The summed E-state index contributed by atoms with van der Waals surface area (Å²) in [5, 5.41) is 6.74. The molecule has 0 saturated heterocycles. The number of carbonyl (C=O) groups excluding carboxylic acids is 1. The quantitative estimate of drug-likeness (QED) is 0.553. The summed E-state index contributed by atoms with van der Waals surface area (Å²) >= 11 is 0. The zero-order valence-electron chi connectivity index (χ0n) is 18.3. The molecule has 0 radical (unpaired) electrons. The third-order valence-electron chi connectivity index (χ3n) is 5.09. The zero-order valence-corrected chi connectivity index (χ0v) is 18.3. The largest absolute Gasteiger partial charge is 0.486 e. The van der Waals surface area contributed by atoms with E-state index in [-0.39, 0.29) is 29.5 Å². The monoisotopic (exact) mass is 428 g/mol. The molecule has 1 aromatic heterocycles. The fourth-order valence-electron chi connectivity index (χ4n) is 3.10. The number of hydrogen-bond donors (Lipinski definition) is 1. The summed E-state index contributed by atoms with van der Waals surface area (Å²) in [6, 6.07) is 10.8. The summed E-state index contributed by atoms with van der Waals surface area (Å²) in [7, 11) is 0. The molecule has 164 valence electrons. The number of aromatic nitrogens is 1. The fraction of sp³-hybridized carbons (Fsp3) is 0.333. The minimum absolute atomic E-state index is 0.0438. The molecule has 31 heavy (non-hydrogen) atoms. The third-order valence-corrected chi connectivity index (χ3v) is 5.09. The molecular formula is C24H26F2N2O3. The second-order valence-corrected chi connectivity index (χ2v) is 8.50. The van der Waals surface area contributed by atoms with Gasteiger partial charge in [0.05, 0.1) is 11.6 Å². The second kappa shape index (κ2) is 8.88. The van der Waals surface area contributed by atoms with Crippen LogP contribution in [0.2, 0.25) is 0 Å². The van der Waals surface area contributed by atoms with Crippen molar-refractivity contribution in [3.05, 3.63) is 82.2 Å². The summed E-state index contributed by atoms with van der Waals surface area (Å²) in [4.78, 5) is 12.8. The highest BCUT2D eigenvalue weighted by molar-refractivity contribution is 5.94. The van der Waals surface area contributed by atoms with E-state index in [0.29, 0.717) is 11.3 Å². The van der Waals surface area contributed by atoms with Gasteiger partial charge in [-0.1, -0.05) is 50.2 Å². The summed E-state index contributed by atoms with van der Waals surface area (Å²) < 4.78 is 37.5. The molecule has 0 aliphatic heterocycles. The average molecular weight is 428 g/mol. The molecule has 1 atom stereocenters. The van der Waals surface area contributed by atoms with Crippen LogP contribution < -0.4 is 10.1 Å². The number of amides is 1. The summed E-state index contributed by atoms with van der Waals surface area (Å²) in [6.07, 6.45) is 0. The average Bonchev–Trinajstić information content (AvgIpc) is 3.07. The van der Waals surface area contributed by atoms with Gasteiger partial charge in [0.2, 0.25) is 0 Å². The van der Waals surface area contributed by atoms with Crippen LogP contribution in [0.4, 0.5) is 8.78 Å². The molecule has 1 amide bonds. The van der Waals surface area contributed by atoms with Gasteiger partial charge in [-0.05, 0) is 42.5 Å². The van der Waals surface area contributed by atoms with E-state index in [0.717, 1.165) is 17.7 Å². The van der Waals surface area contributed by atoms with Gasteiger partial charge < -0.3 is 14.6 Å². The number of benzene rings is 2. The lowest BCUT2D eigenvalue weighted by Crippen LogP contribution is -2.28. The first-order valence-electron chi connectivity index (χ1n) is 10.0. The molecule has 0 aliphatic carbocycles. The Hall–Kier alpha value is -3.22. The Bertz CT molecular complexity index is 1070. The van der Waals surface area contributed by atoms with Crippen molar-refractivity contribution in [2.45, 2.75) is 52.7 Å². The first-order chi connectivity index (χ1) is 14.6. The van der Waals surface area contributed by atoms with Crippen LogP contribution in [-0.4, -0.2) is 11.1 Å². The third kappa shape index (κ3) is 5.29. The van der Waals surface area contributed by atoms with E-state index in [4.69, 9.17) is 9.26 Å². The fourth-order valence-corrected chi connectivity index (χ4v) is 3.10. The lowest BCUT2D eigenvalue weighted by atomic mass is 9.86. The van der Waals surface area contributed by atoms with Gasteiger partial charge in [-0.15, -0.1) is 0 Å². The predicted octanol–water partition coefficient (Wildman–Crippen LogP) is 5.63. The topological polar surface area (TPSA) is 64.4 Å². The lowest BCUT2D eigenvalue weighted by molar-refractivity contribution is 0.0928. The maximum atomic E-state index is 13.8. The van der Waals surface area contributed by atoms with Crippen LogP contribution in [0.15, 0.2) is 47.0 Å². The highest BCUT2D eigenvalue weighted by Crippen LogP contribution is 2.25. The van der Waals surface area contributed by atoms with E-state index < -0.39 is 17.5 Å². The Morgan fingerprint density at radius 1 is 1.16 bits per heavy atom. The molecule has 0 bridgehead atoms. The Kier molecular flexibility index (Phi) is 6.43. The molecule has 3 rings (SSSR count). The highest BCUT2D eigenvalue weighted by Gasteiger charge is 2.23. The van der Waals surface area contributed by atoms with Crippen molar-refractivity contribution in [2.75, 3.05) is 0 Å². The minimum atomic E-state index is -0.826. The number of rotatable bonds is 6. The molecular weight excluding hydrogens is 402 g/mol. The minimum Gasteiger partial charge on any atom is -0.486 e. The van der Waals surface area contributed by atoms with Crippen molar-refractivity contribution < 1.29 is 22.8 Å². The van der Waals surface area contributed by atoms with Crippen molar-refractivity contribution in [1.82, 2.24) is 10.5 Å². The summed E-state index contributed by atoms with van der Waals surface area (Å²) in [5.74, 6) is -1.69. The normalized spacial score (nSPS) is 12.5. The van der Waals surface area contributed by atoms with Gasteiger partial charge in [-0.2, -0.15) is 0 Å². The molecule has 3 aromatic rings. The van der Waals surface area contributed by atoms with Crippen LogP contribution in [0.3, 0.4) is 0 Å². The van der Waals surface area contributed by atoms with E-state index in [9.17, 15) is 13.6 Å². The van der Waals surface area contributed by atoms with E-state index in [1.807, 2.05) is 19.1 Å². The Morgan fingerprint density at radius 2 is 1.84 bits per heavy atom. The van der Waals surface area contributed by atoms with Gasteiger partial charge in [0.1, 0.15) is 18.2 Å². The summed E-state index contributed by atoms with van der Waals surface area (Å²) in [6.45, 7) is 9.79. The molecule has 0 saturated carbocycles. The van der Waals surface area contributed by atoms with Crippen molar-refractivity contribution in [2.24, 2.45) is 0 Å². The van der Waals surface area contributed by atoms with Gasteiger partial charge in [-0.25, -0.2) is 8.78 Å². The Morgan fingerprint density at radius 3 is 2.45 bits per heavy atom. The predicted molar refractivity (Wildman–Crippen MR) is 113 cm³/mol. The van der Waals surface area contributed by atoms with Gasteiger partial charge in [-0.3, -0.25) is 4.79 Å². The molecule has 2 aromatic carbocycles. The molecule has 1 N–H and O–H groups in total. The van der Waals surface area contributed by atoms with Crippen LogP contribution in [0.5, 0.6) is 5.75 Å². The van der Waals surface area contributed by atoms with E-state index >= 15 is 0 Å². The van der Waals surface area contributed by atoms with Gasteiger partial charge in [0.15, 0.2) is 17.3 Å². The molecule has 7 heteroatoms. The zero-order chi connectivity index (χ0) is 22.8. The number of carbonyl (C=O) groups is 1. The Labute approximate surface area is 180 Å². The number of aryl methyl sites for hydroxylation is 1. The SMILES string of the molecule is Cc1onc(C(=O)NC(C)c2ccc(C(C)(C)C)cc2)c1COc1ccc(F)cc1F. The van der Waals surface area contributed by atoms with E-state index in [1.165, 1.54) is 11.6 Å². The standard InChI is InChI=1S/C24H26F2N2O3/c1-14(16-6-8-17(9-7-16)24(3,4)5)27-23(29)22-19(15(2)31-28-22)13-30-21-11-10-18(25)12-20(21)26/h6-12,14H,13H2,1-5H3,(H,27,29). The molecule has 0 fully saturated rings. The first-order valence-corrected chi connectivity index (χ1v) is 10.0. The van der Waals surface area contributed by atoms with E-state index in [2.05, 4.69) is 43.4 Å². The van der Waals surface area contributed by atoms with Crippen LogP contribution in [0, 0.1) is 18.6 Å². The molecule has 0 aliphatic rings. The first kappa shape index (κ1) is 22.5. The van der Waals surface area contributed by atoms with Crippen LogP contribution >= 0.6 is 0 Å². The molecule has 1 heterocycles.